The van der Waals surface area contributed by atoms with Gasteiger partial charge >= 0.3 is 0 Å². The van der Waals surface area contributed by atoms with Crippen LogP contribution in [0, 0.1) is 0 Å². The van der Waals surface area contributed by atoms with Crippen molar-refractivity contribution in [3.8, 4) is 5.75 Å². The first kappa shape index (κ1) is 15.6. The van der Waals surface area contributed by atoms with Gasteiger partial charge in [-0.25, -0.2) is 0 Å². The van der Waals surface area contributed by atoms with Crippen LogP contribution >= 0.6 is 23.2 Å². The lowest BCUT2D eigenvalue weighted by atomic mass is 10.1. The molecule has 2 nitrogen and oxygen atoms in total. The van der Waals surface area contributed by atoms with Crippen molar-refractivity contribution >= 4 is 23.2 Å². The number of ether oxygens (including phenoxy) is 1. The Morgan fingerprint density at radius 3 is 2.44 bits per heavy atom. The third kappa shape index (κ3) is 5.05. The average molecular weight is 290 g/mol. The molecular weight excluding hydrogens is 269 g/mol. The van der Waals surface area contributed by atoms with Gasteiger partial charge in [-0.1, -0.05) is 37.0 Å². The lowest BCUT2D eigenvalue weighted by Gasteiger charge is -2.20. The molecule has 1 aromatic rings. The SMILES string of the molecule is CCC(CC)NCC(C)Oc1ccc(Cl)cc1Cl. The highest BCUT2D eigenvalue weighted by Gasteiger charge is 2.10. The minimum atomic E-state index is 0.0734. The normalized spacial score (nSPS) is 12.8. The summed E-state index contributed by atoms with van der Waals surface area (Å²) in [6.07, 6.45) is 2.33. The van der Waals surface area contributed by atoms with Gasteiger partial charge in [-0.2, -0.15) is 0 Å². The van der Waals surface area contributed by atoms with E-state index >= 15 is 0 Å². The summed E-state index contributed by atoms with van der Waals surface area (Å²) >= 11 is 11.9. The van der Waals surface area contributed by atoms with Crippen LogP contribution in [0.15, 0.2) is 18.2 Å². The van der Waals surface area contributed by atoms with Gasteiger partial charge in [-0.3, -0.25) is 0 Å². The first-order valence-electron chi connectivity index (χ1n) is 6.41. The third-order valence-corrected chi connectivity index (χ3v) is 3.43. The minimum absolute atomic E-state index is 0.0734. The van der Waals surface area contributed by atoms with Gasteiger partial charge in [0.2, 0.25) is 0 Å². The van der Waals surface area contributed by atoms with Gasteiger partial charge < -0.3 is 10.1 Å². The lowest BCUT2D eigenvalue weighted by Crippen LogP contribution is -2.36. The van der Waals surface area contributed by atoms with Crippen molar-refractivity contribution in [2.75, 3.05) is 6.54 Å². The summed E-state index contributed by atoms with van der Waals surface area (Å²) < 4.78 is 5.79. The summed E-state index contributed by atoms with van der Waals surface area (Å²) in [6, 6.07) is 5.83. The maximum Gasteiger partial charge on any atom is 0.138 e. The molecule has 0 heterocycles. The molecule has 1 aromatic carbocycles. The zero-order chi connectivity index (χ0) is 13.5. The van der Waals surface area contributed by atoms with E-state index in [0.717, 1.165) is 19.4 Å². The van der Waals surface area contributed by atoms with Crippen LogP contribution in [0.3, 0.4) is 0 Å². The van der Waals surface area contributed by atoms with E-state index < -0.39 is 0 Å². The van der Waals surface area contributed by atoms with E-state index in [1.807, 2.05) is 6.92 Å². The average Bonchev–Trinajstić information content (AvgIpc) is 2.34. The predicted octanol–water partition coefficient (Wildman–Crippen LogP) is 4.54. The maximum absolute atomic E-state index is 6.06. The molecule has 0 bridgehead atoms. The van der Waals surface area contributed by atoms with E-state index in [1.165, 1.54) is 0 Å². The van der Waals surface area contributed by atoms with E-state index in [-0.39, 0.29) is 6.10 Å². The van der Waals surface area contributed by atoms with Gasteiger partial charge in [0.05, 0.1) is 5.02 Å². The van der Waals surface area contributed by atoms with Crippen LogP contribution in [-0.2, 0) is 0 Å². The van der Waals surface area contributed by atoms with Crippen molar-refractivity contribution < 1.29 is 4.74 Å². The van der Waals surface area contributed by atoms with E-state index in [2.05, 4.69) is 19.2 Å². The van der Waals surface area contributed by atoms with Crippen LogP contribution < -0.4 is 10.1 Å². The highest BCUT2D eigenvalue weighted by molar-refractivity contribution is 6.35. The standard InChI is InChI=1S/C14H21Cl2NO/c1-4-12(5-2)17-9-10(3)18-14-7-6-11(15)8-13(14)16/h6-8,10,12,17H,4-5,9H2,1-3H3. The topological polar surface area (TPSA) is 21.3 Å². The van der Waals surface area contributed by atoms with E-state index in [0.29, 0.717) is 21.8 Å². The Hall–Kier alpha value is -0.440. The van der Waals surface area contributed by atoms with Gasteiger partial charge in [0.15, 0.2) is 0 Å². The number of halogens is 2. The Morgan fingerprint density at radius 2 is 1.89 bits per heavy atom. The Kier molecular flexibility index (Phi) is 6.83. The van der Waals surface area contributed by atoms with Crippen molar-refractivity contribution in [3.63, 3.8) is 0 Å². The molecule has 0 fully saturated rings. The Balaban J connectivity index is 2.46. The molecule has 102 valence electrons. The quantitative estimate of drug-likeness (QED) is 0.796. The van der Waals surface area contributed by atoms with Gasteiger partial charge in [0, 0.05) is 17.6 Å². The van der Waals surface area contributed by atoms with Crippen LogP contribution in [0.4, 0.5) is 0 Å². The number of hydrogen-bond donors (Lipinski definition) is 1. The van der Waals surface area contributed by atoms with E-state index in [4.69, 9.17) is 27.9 Å². The molecule has 1 atom stereocenters. The molecule has 1 unspecified atom stereocenters. The molecule has 0 saturated heterocycles. The van der Waals surface area contributed by atoms with Crippen molar-refractivity contribution in [1.29, 1.82) is 0 Å². The van der Waals surface area contributed by atoms with Crippen molar-refractivity contribution in [2.24, 2.45) is 0 Å². The van der Waals surface area contributed by atoms with E-state index in [1.54, 1.807) is 18.2 Å². The molecule has 0 aliphatic rings. The zero-order valence-corrected chi connectivity index (χ0v) is 12.7. The van der Waals surface area contributed by atoms with Crippen LogP contribution in [0.5, 0.6) is 5.75 Å². The molecular formula is C14H21Cl2NO. The van der Waals surface area contributed by atoms with Crippen LogP contribution in [0.25, 0.3) is 0 Å². The van der Waals surface area contributed by atoms with Crippen LogP contribution in [0.1, 0.15) is 33.6 Å². The van der Waals surface area contributed by atoms with Gasteiger partial charge in [0.25, 0.3) is 0 Å². The largest absolute Gasteiger partial charge is 0.488 e. The molecule has 0 amide bonds. The fourth-order valence-electron chi connectivity index (χ4n) is 1.74. The first-order chi connectivity index (χ1) is 8.56. The molecule has 0 aliphatic heterocycles. The van der Waals surface area contributed by atoms with Gasteiger partial charge in [-0.15, -0.1) is 0 Å². The molecule has 18 heavy (non-hydrogen) atoms. The second kappa shape index (κ2) is 7.88. The molecule has 1 rings (SSSR count). The monoisotopic (exact) mass is 289 g/mol. The highest BCUT2D eigenvalue weighted by Crippen LogP contribution is 2.28. The first-order valence-corrected chi connectivity index (χ1v) is 7.17. The maximum atomic E-state index is 6.06. The summed E-state index contributed by atoms with van der Waals surface area (Å²) in [6.45, 7) is 7.21. The summed E-state index contributed by atoms with van der Waals surface area (Å²) in [5.74, 6) is 0.680. The van der Waals surface area contributed by atoms with Gasteiger partial charge in [-0.05, 0) is 38.0 Å². The molecule has 0 radical (unpaired) electrons. The number of rotatable bonds is 7. The number of hydrogen-bond acceptors (Lipinski definition) is 2. The smallest absolute Gasteiger partial charge is 0.138 e. The summed E-state index contributed by atoms with van der Waals surface area (Å²) in [4.78, 5) is 0. The summed E-state index contributed by atoms with van der Waals surface area (Å²) in [5.41, 5.74) is 0. The Labute approximate surface area is 120 Å². The minimum Gasteiger partial charge on any atom is -0.488 e. The Bertz CT molecular complexity index is 367. The molecule has 0 saturated carbocycles. The molecule has 0 spiro atoms. The molecule has 0 aliphatic carbocycles. The predicted molar refractivity (Wildman–Crippen MR) is 78.9 cm³/mol. The fourth-order valence-corrected chi connectivity index (χ4v) is 2.19. The zero-order valence-electron chi connectivity index (χ0n) is 11.2. The highest BCUT2D eigenvalue weighted by atomic mass is 35.5. The number of nitrogens with one attached hydrogen (secondary N) is 1. The van der Waals surface area contributed by atoms with Gasteiger partial charge in [0.1, 0.15) is 11.9 Å². The summed E-state index contributed by atoms with van der Waals surface area (Å²) in [7, 11) is 0. The molecule has 1 N–H and O–H groups in total. The molecule has 0 aromatic heterocycles. The fraction of sp³-hybridized carbons (Fsp3) is 0.571. The third-order valence-electron chi connectivity index (χ3n) is 2.90. The van der Waals surface area contributed by atoms with Crippen LogP contribution in [0.2, 0.25) is 10.0 Å². The van der Waals surface area contributed by atoms with E-state index in [9.17, 15) is 0 Å². The molecule has 4 heteroatoms. The van der Waals surface area contributed by atoms with Crippen molar-refractivity contribution in [1.82, 2.24) is 5.32 Å². The van der Waals surface area contributed by atoms with Crippen LogP contribution in [-0.4, -0.2) is 18.7 Å². The number of benzene rings is 1. The second-order valence-corrected chi connectivity index (χ2v) is 5.27. The Morgan fingerprint density at radius 1 is 1.22 bits per heavy atom. The van der Waals surface area contributed by atoms with Crippen molar-refractivity contribution in [2.45, 2.75) is 45.8 Å². The lowest BCUT2D eigenvalue weighted by molar-refractivity contribution is 0.210. The summed E-state index contributed by atoms with van der Waals surface area (Å²) in [5, 5.41) is 4.65. The van der Waals surface area contributed by atoms with Crippen molar-refractivity contribution in [3.05, 3.63) is 28.2 Å². The second-order valence-electron chi connectivity index (χ2n) is 4.42.